The lowest BCUT2D eigenvalue weighted by Crippen LogP contribution is -2.33. The number of ether oxygens (including phenoxy) is 2. The molecule has 5 nitrogen and oxygen atoms in total. The Morgan fingerprint density at radius 3 is 1.53 bits per heavy atom. The fourth-order valence-corrected chi connectivity index (χ4v) is 6.45. The van der Waals surface area contributed by atoms with Crippen molar-refractivity contribution < 1.29 is 13.7 Å². The molecule has 172 valence electrons. The molecular formula is C26H34N2O3S. The van der Waals surface area contributed by atoms with Crippen LogP contribution in [0.15, 0.2) is 46.2 Å². The van der Waals surface area contributed by atoms with Gasteiger partial charge >= 0.3 is 0 Å². The minimum atomic E-state index is -1.19. The number of fused-ring (bicyclic) bond motifs is 3. The second-order valence-corrected chi connectivity index (χ2v) is 10.5. The van der Waals surface area contributed by atoms with Gasteiger partial charge in [0.1, 0.15) is 24.7 Å². The Kier molecular flexibility index (Phi) is 7.10. The summed E-state index contributed by atoms with van der Waals surface area (Å²) in [6.45, 7) is 7.97. The molecule has 3 heterocycles. The third-order valence-electron chi connectivity index (χ3n) is 6.85. The molecule has 0 bridgehead atoms. The van der Waals surface area contributed by atoms with Crippen LogP contribution in [0.25, 0.3) is 11.1 Å². The lowest BCUT2D eigenvalue weighted by Gasteiger charge is -2.26. The summed E-state index contributed by atoms with van der Waals surface area (Å²) in [6, 6.07) is 12.0. The van der Waals surface area contributed by atoms with Crippen LogP contribution in [0, 0.1) is 0 Å². The van der Waals surface area contributed by atoms with Crippen molar-refractivity contribution in [1.82, 2.24) is 9.80 Å². The molecule has 3 aliphatic heterocycles. The van der Waals surface area contributed by atoms with E-state index in [2.05, 4.69) is 9.80 Å². The lowest BCUT2D eigenvalue weighted by atomic mass is 10.1. The average molecular weight is 455 g/mol. The van der Waals surface area contributed by atoms with E-state index >= 15 is 0 Å². The molecule has 0 spiro atoms. The molecule has 2 aromatic rings. The van der Waals surface area contributed by atoms with Crippen molar-refractivity contribution in [1.29, 1.82) is 0 Å². The number of piperidine rings is 2. The number of nitrogens with zero attached hydrogens (tertiary/aromatic N) is 2. The molecule has 2 saturated heterocycles. The summed E-state index contributed by atoms with van der Waals surface area (Å²) in [4.78, 5) is 6.64. The van der Waals surface area contributed by atoms with Gasteiger partial charge in [0.2, 0.25) is 0 Å². The molecule has 2 aromatic carbocycles. The van der Waals surface area contributed by atoms with Crippen molar-refractivity contribution in [3.63, 3.8) is 0 Å². The Labute approximate surface area is 194 Å². The summed E-state index contributed by atoms with van der Waals surface area (Å²) in [5.41, 5.74) is 2.09. The fraction of sp³-hybridized carbons (Fsp3) is 0.538. The Bertz CT molecular complexity index is 877. The molecule has 0 aromatic heterocycles. The summed E-state index contributed by atoms with van der Waals surface area (Å²) >= 11 is 0. The summed E-state index contributed by atoms with van der Waals surface area (Å²) < 4.78 is 25.2. The number of likely N-dealkylation sites (tertiary alicyclic amines) is 2. The molecule has 0 atom stereocenters. The first kappa shape index (κ1) is 21.9. The molecule has 0 amide bonds. The van der Waals surface area contributed by atoms with Crippen LogP contribution in [0.4, 0.5) is 0 Å². The third kappa shape index (κ3) is 5.03. The number of hydrogen-bond acceptors (Lipinski definition) is 5. The second kappa shape index (κ2) is 10.4. The molecule has 3 aliphatic rings. The van der Waals surface area contributed by atoms with Gasteiger partial charge in [-0.15, -0.1) is 0 Å². The van der Waals surface area contributed by atoms with Gasteiger partial charge < -0.3 is 9.47 Å². The lowest BCUT2D eigenvalue weighted by molar-refractivity contribution is 0.183. The summed E-state index contributed by atoms with van der Waals surface area (Å²) in [5, 5.41) is 0. The summed E-state index contributed by atoms with van der Waals surface area (Å²) in [5.74, 6) is 1.61. The van der Waals surface area contributed by atoms with E-state index in [9.17, 15) is 4.21 Å². The van der Waals surface area contributed by atoms with Crippen LogP contribution in [-0.4, -0.2) is 66.5 Å². The smallest absolute Gasteiger partial charge is 0.120 e. The van der Waals surface area contributed by atoms with Crippen molar-refractivity contribution in [2.45, 2.75) is 48.3 Å². The Morgan fingerprint density at radius 2 is 1.09 bits per heavy atom. The highest BCUT2D eigenvalue weighted by Gasteiger charge is 2.27. The standard InChI is InChI=1S/C26H34N2O3S/c29-32-25-19-21(30-17-15-27-11-3-1-4-12-27)7-9-23(25)24-10-8-22(20-26(24)32)31-18-16-28-13-5-2-6-14-28/h7-10,19-20H,1-6,11-18H2. The molecule has 6 heteroatoms. The highest BCUT2D eigenvalue weighted by Crippen LogP contribution is 2.43. The van der Waals surface area contributed by atoms with Crippen molar-refractivity contribution in [3.8, 4) is 22.6 Å². The van der Waals surface area contributed by atoms with Crippen LogP contribution < -0.4 is 9.47 Å². The molecule has 32 heavy (non-hydrogen) atoms. The van der Waals surface area contributed by atoms with E-state index < -0.39 is 10.8 Å². The quantitative estimate of drug-likeness (QED) is 0.499. The Morgan fingerprint density at radius 1 is 0.656 bits per heavy atom. The highest BCUT2D eigenvalue weighted by molar-refractivity contribution is 7.85. The second-order valence-electron chi connectivity index (χ2n) is 9.09. The first-order chi connectivity index (χ1) is 15.8. The Hall–Kier alpha value is -1.89. The van der Waals surface area contributed by atoms with E-state index in [-0.39, 0.29) is 0 Å². The van der Waals surface area contributed by atoms with Crippen LogP contribution >= 0.6 is 0 Å². The molecule has 5 rings (SSSR count). The van der Waals surface area contributed by atoms with Crippen LogP contribution in [0.1, 0.15) is 38.5 Å². The predicted molar refractivity (Wildman–Crippen MR) is 128 cm³/mol. The van der Waals surface area contributed by atoms with Crippen LogP contribution in [-0.2, 0) is 10.8 Å². The molecule has 0 unspecified atom stereocenters. The number of rotatable bonds is 8. The van der Waals surface area contributed by atoms with E-state index in [1.807, 2.05) is 36.4 Å². The van der Waals surface area contributed by atoms with Crippen molar-refractivity contribution >= 4 is 10.8 Å². The summed E-state index contributed by atoms with van der Waals surface area (Å²) in [7, 11) is -1.19. The van der Waals surface area contributed by atoms with Crippen LogP contribution in [0.5, 0.6) is 11.5 Å². The zero-order chi connectivity index (χ0) is 21.8. The maximum absolute atomic E-state index is 13.2. The van der Waals surface area contributed by atoms with Gasteiger partial charge in [-0.1, -0.05) is 12.8 Å². The predicted octanol–water partition coefficient (Wildman–Crippen LogP) is 4.56. The topological polar surface area (TPSA) is 42.0 Å². The van der Waals surface area contributed by atoms with Crippen molar-refractivity contribution in [3.05, 3.63) is 36.4 Å². The Balaban J connectivity index is 1.19. The van der Waals surface area contributed by atoms with Crippen LogP contribution in [0.3, 0.4) is 0 Å². The van der Waals surface area contributed by atoms with Gasteiger partial charge in [0, 0.05) is 13.1 Å². The average Bonchev–Trinajstić information content (AvgIpc) is 3.11. The van der Waals surface area contributed by atoms with Crippen molar-refractivity contribution in [2.24, 2.45) is 0 Å². The van der Waals surface area contributed by atoms with Gasteiger partial charge in [-0.3, -0.25) is 9.80 Å². The minimum Gasteiger partial charge on any atom is -0.492 e. The highest BCUT2D eigenvalue weighted by atomic mass is 32.2. The van der Waals surface area contributed by atoms with Crippen LogP contribution in [0.2, 0.25) is 0 Å². The maximum atomic E-state index is 13.2. The molecule has 0 aliphatic carbocycles. The minimum absolute atomic E-state index is 0.674. The molecule has 0 N–H and O–H groups in total. The largest absolute Gasteiger partial charge is 0.492 e. The normalized spacial score (nSPS) is 19.5. The van der Waals surface area contributed by atoms with E-state index in [0.29, 0.717) is 13.2 Å². The van der Waals surface area contributed by atoms with Gasteiger partial charge in [-0.2, -0.15) is 0 Å². The van der Waals surface area contributed by atoms with Crippen molar-refractivity contribution in [2.75, 3.05) is 52.5 Å². The van der Waals surface area contributed by atoms with Gasteiger partial charge in [0.25, 0.3) is 0 Å². The number of hydrogen-bond donors (Lipinski definition) is 0. The fourth-order valence-electron chi connectivity index (χ4n) is 5.01. The number of benzene rings is 2. The van der Waals surface area contributed by atoms with Gasteiger partial charge in [-0.05, 0) is 99.4 Å². The zero-order valence-electron chi connectivity index (χ0n) is 18.9. The van der Waals surface area contributed by atoms with Gasteiger partial charge in [-0.25, -0.2) is 4.21 Å². The van der Waals surface area contributed by atoms with Gasteiger partial charge in [0.05, 0.1) is 20.6 Å². The zero-order valence-corrected chi connectivity index (χ0v) is 19.7. The molecule has 0 radical (unpaired) electrons. The first-order valence-electron chi connectivity index (χ1n) is 12.2. The van der Waals surface area contributed by atoms with E-state index in [1.165, 1.54) is 64.7 Å². The molecule has 2 fully saturated rings. The first-order valence-corrected chi connectivity index (χ1v) is 13.3. The SMILES string of the molecule is O=S1c2cc(OCCN3CCCCC3)ccc2-c2ccc(OCCN3CCCCC3)cc21. The summed E-state index contributed by atoms with van der Waals surface area (Å²) in [6.07, 6.45) is 7.86. The maximum Gasteiger partial charge on any atom is 0.120 e. The van der Waals surface area contributed by atoms with E-state index in [1.54, 1.807) is 0 Å². The van der Waals surface area contributed by atoms with Gasteiger partial charge in [0.15, 0.2) is 0 Å². The third-order valence-corrected chi connectivity index (χ3v) is 8.32. The van der Waals surface area contributed by atoms with E-state index in [4.69, 9.17) is 9.47 Å². The monoisotopic (exact) mass is 454 g/mol. The van der Waals surface area contributed by atoms with E-state index in [0.717, 1.165) is 45.5 Å². The molecular weight excluding hydrogens is 420 g/mol. The molecule has 0 saturated carbocycles.